The Morgan fingerprint density at radius 2 is 1.87 bits per heavy atom. The number of benzene rings is 1. The van der Waals surface area contributed by atoms with Crippen LogP contribution in [0, 0.1) is 6.92 Å². The molecule has 1 unspecified atom stereocenters. The summed E-state index contributed by atoms with van der Waals surface area (Å²) in [5.74, 6) is 0. The molecule has 84 valence electrons. The Hall–Kier alpha value is -0.860. The van der Waals surface area contributed by atoms with Crippen LogP contribution < -0.4 is 5.73 Å². The molecule has 0 saturated carbocycles. The molecule has 0 aliphatic carbocycles. The molecule has 1 aromatic rings. The van der Waals surface area contributed by atoms with Crippen molar-refractivity contribution < 1.29 is 4.74 Å². The van der Waals surface area contributed by atoms with Gasteiger partial charge in [-0.05, 0) is 29.0 Å². The minimum absolute atomic E-state index is 0.181. The highest BCUT2D eigenvalue weighted by molar-refractivity contribution is 5.35. The zero-order chi connectivity index (χ0) is 11.6. The highest BCUT2D eigenvalue weighted by atomic mass is 16.5. The fraction of sp³-hybridized carbons (Fsp3) is 0.538. The first-order valence-corrected chi connectivity index (χ1v) is 5.25. The smallest absolute Gasteiger partial charge is 0.131 e. The number of nitrogens with two attached hydrogens (primary N) is 1. The average Bonchev–Trinajstić information content (AvgIpc) is 2.15. The first kappa shape index (κ1) is 12.2. The first-order valence-electron chi connectivity index (χ1n) is 5.25. The number of hydrogen-bond donors (Lipinski definition) is 1. The van der Waals surface area contributed by atoms with Gasteiger partial charge in [0.1, 0.15) is 6.23 Å². The number of aryl methyl sites for hydroxylation is 1. The minimum Gasteiger partial charge on any atom is -0.363 e. The van der Waals surface area contributed by atoms with Gasteiger partial charge in [-0.2, -0.15) is 0 Å². The molecule has 0 fully saturated rings. The van der Waals surface area contributed by atoms with Gasteiger partial charge in [-0.1, -0.05) is 39.0 Å². The molecule has 1 rings (SSSR count). The highest BCUT2D eigenvalue weighted by Crippen LogP contribution is 2.26. The number of hydrogen-bond acceptors (Lipinski definition) is 2. The van der Waals surface area contributed by atoms with Crippen molar-refractivity contribution in [3.8, 4) is 0 Å². The maximum Gasteiger partial charge on any atom is 0.131 e. The van der Waals surface area contributed by atoms with Crippen LogP contribution >= 0.6 is 0 Å². The Kier molecular flexibility index (Phi) is 3.53. The second-order valence-corrected chi connectivity index (χ2v) is 4.98. The maximum absolute atomic E-state index is 5.83. The lowest BCUT2D eigenvalue weighted by Crippen LogP contribution is -2.16. The fourth-order valence-electron chi connectivity index (χ4n) is 1.59. The molecule has 0 radical (unpaired) electrons. The lowest BCUT2D eigenvalue weighted by Gasteiger charge is -2.21. The summed E-state index contributed by atoms with van der Waals surface area (Å²) in [5.41, 5.74) is 9.59. The molecule has 1 aromatic carbocycles. The van der Waals surface area contributed by atoms with Crippen molar-refractivity contribution in [3.05, 3.63) is 34.9 Å². The van der Waals surface area contributed by atoms with Crippen LogP contribution in [0.1, 0.15) is 43.7 Å². The number of rotatable bonds is 2. The zero-order valence-corrected chi connectivity index (χ0v) is 10.3. The monoisotopic (exact) mass is 207 g/mol. The van der Waals surface area contributed by atoms with Crippen molar-refractivity contribution in [2.24, 2.45) is 5.73 Å². The SMILES string of the molecule is COC(N)c1ccc(C(C)(C)C)cc1C. The van der Waals surface area contributed by atoms with Gasteiger partial charge in [-0.3, -0.25) is 0 Å². The van der Waals surface area contributed by atoms with E-state index in [2.05, 4.69) is 45.9 Å². The van der Waals surface area contributed by atoms with Gasteiger partial charge in [0.2, 0.25) is 0 Å². The van der Waals surface area contributed by atoms with E-state index in [0.29, 0.717) is 0 Å². The van der Waals surface area contributed by atoms with Gasteiger partial charge in [-0.25, -0.2) is 0 Å². The Balaban J connectivity index is 3.09. The van der Waals surface area contributed by atoms with Gasteiger partial charge < -0.3 is 10.5 Å². The lowest BCUT2D eigenvalue weighted by atomic mass is 9.85. The standard InChI is InChI=1S/C13H21NO/c1-9-8-10(13(2,3)4)6-7-11(9)12(14)15-5/h6-8,12H,14H2,1-5H3. The molecule has 0 aliphatic rings. The molecule has 0 spiro atoms. The van der Waals surface area contributed by atoms with Crippen LogP contribution in [0.4, 0.5) is 0 Å². The van der Waals surface area contributed by atoms with Crippen LogP contribution in [-0.2, 0) is 10.2 Å². The van der Waals surface area contributed by atoms with E-state index < -0.39 is 0 Å². The molecule has 15 heavy (non-hydrogen) atoms. The molecule has 2 nitrogen and oxygen atoms in total. The predicted octanol–water partition coefficient (Wildman–Crippen LogP) is 2.90. The topological polar surface area (TPSA) is 35.2 Å². The first-order chi connectivity index (χ1) is 6.86. The third kappa shape index (κ3) is 2.80. The van der Waals surface area contributed by atoms with Crippen molar-refractivity contribution in [2.75, 3.05) is 7.11 Å². The van der Waals surface area contributed by atoms with Gasteiger partial charge >= 0.3 is 0 Å². The largest absolute Gasteiger partial charge is 0.363 e. The molecule has 0 aliphatic heterocycles. The molecular weight excluding hydrogens is 186 g/mol. The molecule has 2 heteroatoms. The van der Waals surface area contributed by atoms with Crippen LogP contribution in [0.5, 0.6) is 0 Å². The third-order valence-corrected chi connectivity index (χ3v) is 2.70. The molecule has 2 N–H and O–H groups in total. The van der Waals surface area contributed by atoms with E-state index in [-0.39, 0.29) is 11.6 Å². The van der Waals surface area contributed by atoms with E-state index in [1.54, 1.807) is 7.11 Å². The Morgan fingerprint density at radius 1 is 1.27 bits per heavy atom. The van der Waals surface area contributed by atoms with Crippen molar-refractivity contribution >= 4 is 0 Å². The van der Waals surface area contributed by atoms with E-state index >= 15 is 0 Å². The molecule has 1 atom stereocenters. The van der Waals surface area contributed by atoms with Crippen LogP contribution in [-0.4, -0.2) is 7.11 Å². The molecule has 0 bridgehead atoms. The quantitative estimate of drug-likeness (QED) is 0.757. The summed E-state index contributed by atoms with van der Waals surface area (Å²) in [4.78, 5) is 0. The Labute approximate surface area is 92.4 Å². The van der Waals surface area contributed by atoms with Crippen molar-refractivity contribution in [1.82, 2.24) is 0 Å². The van der Waals surface area contributed by atoms with Crippen molar-refractivity contribution in [1.29, 1.82) is 0 Å². The van der Waals surface area contributed by atoms with Gasteiger partial charge in [0, 0.05) is 7.11 Å². The third-order valence-electron chi connectivity index (χ3n) is 2.70. The van der Waals surface area contributed by atoms with Crippen LogP contribution in [0.2, 0.25) is 0 Å². The fourth-order valence-corrected chi connectivity index (χ4v) is 1.59. The van der Waals surface area contributed by atoms with E-state index in [9.17, 15) is 0 Å². The Bertz CT molecular complexity index is 339. The van der Waals surface area contributed by atoms with Crippen LogP contribution in [0.25, 0.3) is 0 Å². The van der Waals surface area contributed by atoms with Gasteiger partial charge in [0.25, 0.3) is 0 Å². The second-order valence-electron chi connectivity index (χ2n) is 4.98. The van der Waals surface area contributed by atoms with Gasteiger partial charge in [-0.15, -0.1) is 0 Å². The summed E-state index contributed by atoms with van der Waals surface area (Å²) in [7, 11) is 1.63. The number of ether oxygens (including phenoxy) is 1. The summed E-state index contributed by atoms with van der Waals surface area (Å²) in [5, 5.41) is 0. The summed E-state index contributed by atoms with van der Waals surface area (Å²) in [6.07, 6.45) is -0.320. The van der Waals surface area contributed by atoms with Crippen molar-refractivity contribution in [2.45, 2.75) is 39.3 Å². The minimum atomic E-state index is -0.320. The summed E-state index contributed by atoms with van der Waals surface area (Å²) >= 11 is 0. The summed E-state index contributed by atoms with van der Waals surface area (Å²) in [6, 6.07) is 6.37. The van der Waals surface area contributed by atoms with Crippen molar-refractivity contribution in [3.63, 3.8) is 0 Å². The van der Waals surface area contributed by atoms with E-state index in [1.165, 1.54) is 11.1 Å². The second kappa shape index (κ2) is 4.33. The molecule has 0 saturated heterocycles. The van der Waals surface area contributed by atoms with Crippen LogP contribution in [0.15, 0.2) is 18.2 Å². The van der Waals surface area contributed by atoms with E-state index in [0.717, 1.165) is 5.56 Å². The Morgan fingerprint density at radius 3 is 2.27 bits per heavy atom. The van der Waals surface area contributed by atoms with E-state index in [1.807, 2.05) is 0 Å². The average molecular weight is 207 g/mol. The lowest BCUT2D eigenvalue weighted by molar-refractivity contribution is 0.109. The summed E-state index contributed by atoms with van der Waals surface area (Å²) in [6.45, 7) is 8.69. The number of methoxy groups -OCH3 is 1. The van der Waals surface area contributed by atoms with Gasteiger partial charge in [0.15, 0.2) is 0 Å². The summed E-state index contributed by atoms with van der Waals surface area (Å²) < 4.78 is 5.12. The maximum atomic E-state index is 5.83. The van der Waals surface area contributed by atoms with E-state index in [4.69, 9.17) is 10.5 Å². The predicted molar refractivity (Wildman–Crippen MR) is 63.8 cm³/mol. The molecule has 0 amide bonds. The zero-order valence-electron chi connectivity index (χ0n) is 10.3. The van der Waals surface area contributed by atoms with Crippen LogP contribution in [0.3, 0.4) is 0 Å². The highest BCUT2D eigenvalue weighted by Gasteiger charge is 2.15. The van der Waals surface area contributed by atoms with Gasteiger partial charge in [0.05, 0.1) is 0 Å². The normalized spacial score (nSPS) is 14.0. The molecular formula is C13H21NO. The molecule has 0 aromatic heterocycles. The molecule has 0 heterocycles.